The molecule has 12 heavy (non-hydrogen) atoms. The van der Waals surface area contributed by atoms with E-state index in [4.69, 9.17) is 0 Å². The third-order valence-corrected chi connectivity index (χ3v) is 1.05. The van der Waals surface area contributed by atoms with Crippen LogP contribution in [0.2, 0.25) is 0 Å². The molecule has 72 valence electrons. The molecule has 0 atom stereocenters. The van der Waals surface area contributed by atoms with Crippen molar-refractivity contribution in [3.05, 3.63) is 0 Å². The zero-order chi connectivity index (χ0) is 9.98. The van der Waals surface area contributed by atoms with Crippen molar-refractivity contribution in [1.82, 2.24) is 0 Å². The predicted octanol–water partition coefficient (Wildman–Crippen LogP) is 1.01. The average molecular weight is 175 g/mol. The molecule has 0 aliphatic rings. The molecule has 0 aliphatic carbocycles. The number of hydrogen-bond acceptors (Lipinski definition) is 1. The van der Waals surface area contributed by atoms with Crippen molar-refractivity contribution in [2.75, 3.05) is 14.1 Å². The molecule has 0 aromatic heterocycles. The van der Waals surface area contributed by atoms with Crippen molar-refractivity contribution in [2.45, 2.75) is 33.1 Å². The third-order valence-electron chi connectivity index (χ3n) is 1.05. The molecule has 0 rings (SSSR count). The van der Waals surface area contributed by atoms with Crippen molar-refractivity contribution in [1.29, 1.82) is 0 Å². The zero-order valence-electron chi connectivity index (χ0n) is 8.63. The summed E-state index contributed by atoms with van der Waals surface area (Å²) in [5.74, 6) is -0.333. The second-order valence-electron chi connectivity index (χ2n) is 2.90. The van der Waals surface area contributed by atoms with Crippen molar-refractivity contribution < 1.29 is 9.37 Å². The van der Waals surface area contributed by atoms with Gasteiger partial charge in [0.15, 0.2) is 0 Å². The minimum Gasteiger partial charge on any atom is -0.370 e. The van der Waals surface area contributed by atoms with E-state index in [2.05, 4.69) is 37.5 Å². The number of primary amides is 1. The highest BCUT2D eigenvalue weighted by Gasteiger charge is 1.82. The van der Waals surface area contributed by atoms with Crippen LogP contribution >= 0.6 is 0 Å². The quantitative estimate of drug-likeness (QED) is 0.296. The van der Waals surface area contributed by atoms with Crippen LogP contribution in [0.15, 0.2) is 0 Å². The predicted molar refractivity (Wildman–Crippen MR) is 52.6 cm³/mol. The number of hydrogen-bond donors (Lipinski definition) is 1. The van der Waals surface area contributed by atoms with E-state index in [-0.39, 0.29) is 5.91 Å². The lowest BCUT2D eigenvalue weighted by molar-refractivity contribution is -0.460. The average Bonchev–Trinajstić information content (AvgIpc) is 1.86. The molecule has 2 N–H and O–H groups in total. The molecule has 0 saturated heterocycles. The lowest BCUT2D eigenvalue weighted by Gasteiger charge is -1.85. The van der Waals surface area contributed by atoms with Gasteiger partial charge in [0.25, 0.3) is 0 Å². The maximum atomic E-state index is 9.22. The number of rotatable bonds is 3. The first-order valence-electron chi connectivity index (χ1n) is 4.26. The van der Waals surface area contributed by atoms with Crippen molar-refractivity contribution in [3.63, 3.8) is 0 Å². The molecule has 0 aliphatic heterocycles. The second kappa shape index (κ2) is 10.1. The maximum Gasteiger partial charge on any atom is 0.214 e. The van der Waals surface area contributed by atoms with Crippen LogP contribution in [-0.4, -0.2) is 30.8 Å². The van der Waals surface area contributed by atoms with Gasteiger partial charge in [0.1, 0.15) is 20.3 Å². The Morgan fingerprint density at radius 3 is 2.17 bits per heavy atom. The molecule has 0 spiro atoms. The summed E-state index contributed by atoms with van der Waals surface area (Å²) in [5, 5.41) is 0. The van der Waals surface area contributed by atoms with E-state index in [0.29, 0.717) is 0 Å². The number of carbonyl (C=O) groups is 1. The molecule has 0 unspecified atom stereocenters. The van der Waals surface area contributed by atoms with Gasteiger partial charge in [-0.05, 0) is 6.42 Å². The van der Waals surface area contributed by atoms with Gasteiger partial charge in [-0.15, -0.1) is 0 Å². The molecule has 0 heterocycles. The third kappa shape index (κ3) is 35.3. The summed E-state index contributed by atoms with van der Waals surface area (Å²) in [6, 6.07) is 0. The summed E-state index contributed by atoms with van der Waals surface area (Å²) in [6.45, 7) is 3.52. The number of nitrogens with two attached hydrogens (primary N) is 1. The molecule has 1 amide bonds. The van der Waals surface area contributed by atoms with Gasteiger partial charge in [-0.2, -0.15) is 0 Å². The number of amides is 1. The van der Waals surface area contributed by atoms with E-state index in [0.717, 1.165) is 0 Å². The molecule has 0 aromatic carbocycles. The van der Waals surface area contributed by atoms with E-state index < -0.39 is 0 Å². The summed E-state index contributed by atoms with van der Waals surface area (Å²) < 4.78 is 2.11. The van der Waals surface area contributed by atoms with Crippen molar-refractivity contribution in [2.24, 2.45) is 5.73 Å². The normalized spacial score (nSPS) is 8.00. The van der Waals surface area contributed by atoms with Gasteiger partial charge in [0.2, 0.25) is 5.91 Å². The van der Waals surface area contributed by atoms with Crippen LogP contribution in [0.3, 0.4) is 0 Å². The van der Waals surface area contributed by atoms with E-state index in [1.54, 1.807) is 0 Å². The largest absolute Gasteiger partial charge is 0.370 e. The Kier molecular flexibility index (Phi) is 11.6. The van der Waals surface area contributed by atoms with Crippen molar-refractivity contribution >= 4 is 12.1 Å². The first-order chi connectivity index (χ1) is 5.50. The summed E-state index contributed by atoms with van der Waals surface area (Å²) in [5.41, 5.74) is 4.47. The Morgan fingerprint density at radius 1 is 1.50 bits per heavy atom. The van der Waals surface area contributed by atoms with Gasteiger partial charge in [-0.1, -0.05) is 13.3 Å². The fourth-order valence-corrected chi connectivity index (χ4v) is 0.554. The van der Waals surface area contributed by atoms with Crippen LogP contribution in [-0.2, 0) is 4.79 Å². The topological polar surface area (TPSA) is 46.1 Å². The monoisotopic (exact) mass is 175 g/mol. The highest BCUT2D eigenvalue weighted by Crippen LogP contribution is 1.88. The molecular formula is C9H21N2O+. The van der Waals surface area contributed by atoms with Crippen LogP contribution in [0.4, 0.5) is 0 Å². The van der Waals surface area contributed by atoms with Gasteiger partial charge in [-0.3, -0.25) is 4.79 Å². The summed E-state index contributed by atoms with van der Waals surface area (Å²) >= 11 is 0. The number of unbranched alkanes of at least 4 members (excludes halogenated alkanes) is 2. The van der Waals surface area contributed by atoms with Gasteiger partial charge in [-0.25, -0.2) is 4.58 Å². The molecule has 0 aromatic rings. The smallest absolute Gasteiger partial charge is 0.214 e. The Balaban J connectivity index is 0. The van der Waals surface area contributed by atoms with Crippen LogP contribution in [0, 0.1) is 0 Å². The summed E-state index contributed by atoms with van der Waals surface area (Å²) in [6.07, 6.45) is 6.05. The highest BCUT2D eigenvalue weighted by molar-refractivity contribution is 5.70. The fourth-order valence-electron chi connectivity index (χ4n) is 0.554. The van der Waals surface area contributed by atoms with Gasteiger partial charge < -0.3 is 5.73 Å². The Hall–Kier alpha value is -0.860. The van der Waals surface area contributed by atoms with Gasteiger partial charge in [0.05, 0.1) is 0 Å². The molecule has 0 saturated carbocycles. The molecule has 3 nitrogen and oxygen atoms in total. The summed E-state index contributed by atoms with van der Waals surface area (Å²) in [7, 11) is 4.13. The Bertz CT molecular complexity index is 133. The summed E-state index contributed by atoms with van der Waals surface area (Å²) in [4.78, 5) is 9.22. The number of nitrogens with zero attached hydrogens (tertiary/aromatic N) is 1. The van der Waals surface area contributed by atoms with Crippen molar-refractivity contribution in [3.8, 4) is 0 Å². The van der Waals surface area contributed by atoms with E-state index in [1.807, 2.05) is 0 Å². The van der Waals surface area contributed by atoms with E-state index in [9.17, 15) is 4.79 Å². The number of carbonyl (C=O) groups excluding carboxylic acids is 1. The van der Waals surface area contributed by atoms with E-state index in [1.165, 1.54) is 26.2 Å². The minimum atomic E-state index is -0.333. The molecule has 0 radical (unpaired) electrons. The SMILES string of the molecule is C[13C](N)=O.C[N+](C)=CCCC[13CH3]. The van der Waals surface area contributed by atoms with Crippen LogP contribution < -0.4 is 5.73 Å². The second-order valence-corrected chi connectivity index (χ2v) is 2.90. The molecular weight excluding hydrogens is 154 g/mol. The first kappa shape index (κ1) is 13.7. The lowest BCUT2D eigenvalue weighted by Crippen LogP contribution is -2.01. The van der Waals surface area contributed by atoms with Gasteiger partial charge in [0, 0.05) is 13.3 Å². The lowest BCUT2D eigenvalue weighted by atomic mass is 10.3. The molecule has 0 fully saturated rings. The first-order valence-corrected chi connectivity index (χ1v) is 4.26. The van der Waals surface area contributed by atoms with Crippen LogP contribution in [0.1, 0.15) is 33.1 Å². The van der Waals surface area contributed by atoms with Crippen LogP contribution in [0.25, 0.3) is 0 Å². The molecule has 0 bridgehead atoms. The van der Waals surface area contributed by atoms with Gasteiger partial charge >= 0.3 is 0 Å². The van der Waals surface area contributed by atoms with E-state index >= 15 is 0 Å². The zero-order valence-corrected chi connectivity index (χ0v) is 8.63. The van der Waals surface area contributed by atoms with Crippen LogP contribution in [0.5, 0.6) is 0 Å². The Morgan fingerprint density at radius 2 is 1.92 bits per heavy atom. The maximum absolute atomic E-state index is 9.22. The standard InChI is InChI=1S/C7H16N.C2H5NO/c1-4-5-6-7-8(2)3;1-2(3)4/h7H,4-6H2,1-3H3;1H3,(H2,3,4)/q+1;/i1+1;2+1. The molecule has 3 heteroatoms. The fraction of sp³-hybridized carbons (Fsp3) is 0.778. The Labute approximate surface area is 75.3 Å². The highest BCUT2D eigenvalue weighted by atomic mass is 16.2. The minimum absolute atomic E-state index is 0.333.